The van der Waals surface area contributed by atoms with E-state index in [0.717, 1.165) is 6.42 Å². The molecule has 0 saturated heterocycles. The summed E-state index contributed by atoms with van der Waals surface area (Å²) in [6.07, 6.45) is 4.71. The average molecular weight is 406 g/mol. The van der Waals surface area contributed by atoms with Gasteiger partial charge in [0.25, 0.3) is 0 Å². The zero-order valence-corrected chi connectivity index (χ0v) is 14.8. The Morgan fingerprint density at radius 1 is 0.696 bits per heavy atom. The average Bonchev–Trinajstić information content (AvgIpc) is 2.60. The van der Waals surface area contributed by atoms with Crippen molar-refractivity contribution in [2.75, 3.05) is 0 Å². The molecule has 0 atom stereocenters. The summed E-state index contributed by atoms with van der Waals surface area (Å²) in [6, 6.07) is 22.7. The van der Waals surface area contributed by atoms with E-state index in [0.29, 0.717) is 0 Å². The Labute approximate surface area is 149 Å². The standard InChI is InChI=1S/C22H15I/c23-20-10-8-14(9-11-20)19-12-17-6-4-15-2-1-3-16-5-7-18(13-19)22(17)21(15)16/h2,4-13H,1,3H2. The van der Waals surface area contributed by atoms with Crippen molar-refractivity contribution < 1.29 is 0 Å². The number of hydrogen-bond acceptors (Lipinski definition) is 0. The first-order valence-corrected chi connectivity index (χ1v) is 9.12. The third kappa shape index (κ3) is 2.10. The van der Waals surface area contributed by atoms with Crippen LogP contribution in [0.25, 0.3) is 38.7 Å². The van der Waals surface area contributed by atoms with Crippen molar-refractivity contribution in [1.82, 2.24) is 0 Å². The Balaban J connectivity index is 1.87. The maximum absolute atomic E-state index is 2.38. The van der Waals surface area contributed by atoms with E-state index in [9.17, 15) is 0 Å². The summed E-state index contributed by atoms with van der Waals surface area (Å²) in [4.78, 5) is 0. The molecule has 0 amide bonds. The van der Waals surface area contributed by atoms with Crippen LogP contribution in [0.15, 0.2) is 60.7 Å². The summed E-state index contributed by atoms with van der Waals surface area (Å²) in [6.45, 7) is 0. The molecule has 0 heterocycles. The number of hydrogen-bond donors (Lipinski definition) is 0. The van der Waals surface area contributed by atoms with Gasteiger partial charge in [0.05, 0.1) is 0 Å². The molecule has 0 N–H and O–H groups in total. The van der Waals surface area contributed by atoms with E-state index < -0.39 is 0 Å². The molecule has 0 spiro atoms. The molecule has 23 heavy (non-hydrogen) atoms. The van der Waals surface area contributed by atoms with Gasteiger partial charge in [-0.2, -0.15) is 0 Å². The van der Waals surface area contributed by atoms with Gasteiger partial charge in [0.15, 0.2) is 0 Å². The SMILES string of the molecule is Ic1ccc(-c2cc3ccc4c5c(ccc(c2)c35)=CCC4)cc1. The van der Waals surface area contributed by atoms with E-state index in [-0.39, 0.29) is 0 Å². The van der Waals surface area contributed by atoms with E-state index >= 15 is 0 Å². The molecule has 1 aliphatic carbocycles. The normalized spacial score (nSPS) is 13.4. The predicted octanol–water partition coefficient (Wildman–Crippen LogP) is 5.71. The minimum Gasteiger partial charge on any atom is -0.0763 e. The molecule has 0 radical (unpaired) electrons. The predicted molar refractivity (Wildman–Crippen MR) is 108 cm³/mol. The van der Waals surface area contributed by atoms with E-state index in [1.165, 1.54) is 53.4 Å². The van der Waals surface area contributed by atoms with Crippen molar-refractivity contribution in [1.29, 1.82) is 0 Å². The molecule has 4 aromatic carbocycles. The quantitative estimate of drug-likeness (QED) is 0.355. The Bertz CT molecular complexity index is 1090. The lowest BCUT2D eigenvalue weighted by atomic mass is 9.88. The van der Waals surface area contributed by atoms with Gasteiger partial charge >= 0.3 is 0 Å². The van der Waals surface area contributed by atoms with Gasteiger partial charge in [0, 0.05) is 3.57 Å². The Kier molecular flexibility index (Phi) is 2.99. The first-order valence-electron chi connectivity index (χ1n) is 8.04. The first kappa shape index (κ1) is 13.6. The second-order valence-electron chi connectivity index (χ2n) is 6.30. The lowest BCUT2D eigenvalue weighted by Gasteiger charge is -2.16. The van der Waals surface area contributed by atoms with Gasteiger partial charge in [-0.3, -0.25) is 0 Å². The highest BCUT2D eigenvalue weighted by atomic mass is 127. The highest BCUT2D eigenvalue weighted by Crippen LogP contribution is 2.33. The van der Waals surface area contributed by atoms with Gasteiger partial charge in [-0.15, -0.1) is 0 Å². The maximum atomic E-state index is 2.38. The van der Waals surface area contributed by atoms with E-state index in [1.54, 1.807) is 0 Å². The Morgan fingerprint density at radius 3 is 2.22 bits per heavy atom. The third-order valence-electron chi connectivity index (χ3n) is 4.92. The number of benzene rings is 4. The molecule has 110 valence electrons. The summed E-state index contributed by atoms with van der Waals surface area (Å²) >= 11 is 2.36. The Morgan fingerprint density at radius 2 is 1.43 bits per heavy atom. The van der Waals surface area contributed by atoms with Crippen molar-refractivity contribution in [3.63, 3.8) is 0 Å². The fraction of sp³-hybridized carbons (Fsp3) is 0.0909. The monoisotopic (exact) mass is 406 g/mol. The second kappa shape index (κ2) is 5.07. The van der Waals surface area contributed by atoms with Gasteiger partial charge in [-0.05, 0) is 103 Å². The summed E-state index contributed by atoms with van der Waals surface area (Å²) in [5, 5.41) is 7.02. The van der Waals surface area contributed by atoms with Crippen molar-refractivity contribution in [3.8, 4) is 11.1 Å². The molecule has 5 rings (SSSR count). The van der Waals surface area contributed by atoms with Gasteiger partial charge in [-0.25, -0.2) is 0 Å². The van der Waals surface area contributed by atoms with Crippen LogP contribution >= 0.6 is 22.6 Å². The van der Waals surface area contributed by atoms with Crippen molar-refractivity contribution in [2.24, 2.45) is 0 Å². The fourth-order valence-corrected chi connectivity index (χ4v) is 4.20. The highest BCUT2D eigenvalue weighted by molar-refractivity contribution is 14.1. The maximum Gasteiger partial charge on any atom is 0.0130 e. The van der Waals surface area contributed by atoms with Crippen LogP contribution in [0.5, 0.6) is 0 Å². The number of halogens is 1. The molecule has 0 saturated carbocycles. The zero-order chi connectivity index (χ0) is 15.4. The fourth-order valence-electron chi connectivity index (χ4n) is 3.84. The Hall–Kier alpha value is -1.87. The third-order valence-corrected chi connectivity index (χ3v) is 5.64. The van der Waals surface area contributed by atoms with E-state index in [2.05, 4.69) is 89.3 Å². The molecule has 0 fully saturated rings. The van der Waals surface area contributed by atoms with E-state index in [1.807, 2.05) is 0 Å². The number of rotatable bonds is 1. The summed E-state index contributed by atoms with van der Waals surface area (Å²) in [7, 11) is 0. The van der Waals surface area contributed by atoms with Gasteiger partial charge in [0.1, 0.15) is 0 Å². The molecule has 0 unspecified atom stereocenters. The van der Waals surface area contributed by atoms with Crippen molar-refractivity contribution in [3.05, 3.63) is 75.0 Å². The van der Waals surface area contributed by atoms with Crippen LogP contribution in [0.1, 0.15) is 12.0 Å². The summed E-state index contributed by atoms with van der Waals surface area (Å²) < 4.78 is 1.28. The van der Waals surface area contributed by atoms with Crippen LogP contribution in [0, 0.1) is 3.57 Å². The summed E-state index contributed by atoms with van der Waals surface area (Å²) in [5.74, 6) is 0. The first-order chi connectivity index (χ1) is 11.3. The smallest absolute Gasteiger partial charge is 0.0130 e. The van der Waals surface area contributed by atoms with Crippen LogP contribution in [-0.2, 0) is 6.42 Å². The molecule has 0 aliphatic heterocycles. The molecule has 0 aromatic heterocycles. The molecular weight excluding hydrogens is 391 g/mol. The zero-order valence-electron chi connectivity index (χ0n) is 12.6. The van der Waals surface area contributed by atoms with E-state index in [4.69, 9.17) is 0 Å². The van der Waals surface area contributed by atoms with Crippen LogP contribution in [0.4, 0.5) is 0 Å². The molecule has 1 heteroatoms. The molecule has 0 nitrogen and oxygen atoms in total. The minimum atomic E-state index is 1.16. The van der Waals surface area contributed by atoms with Crippen LogP contribution < -0.4 is 5.22 Å². The second-order valence-corrected chi connectivity index (χ2v) is 7.55. The van der Waals surface area contributed by atoms with Crippen LogP contribution in [0.3, 0.4) is 0 Å². The summed E-state index contributed by atoms with van der Waals surface area (Å²) in [5.41, 5.74) is 4.09. The highest BCUT2D eigenvalue weighted by Gasteiger charge is 2.12. The van der Waals surface area contributed by atoms with Gasteiger partial charge in [-0.1, -0.05) is 42.5 Å². The van der Waals surface area contributed by atoms with Gasteiger partial charge < -0.3 is 0 Å². The molecule has 4 aromatic rings. The minimum absolute atomic E-state index is 1.16. The molecule has 0 bridgehead atoms. The van der Waals surface area contributed by atoms with Crippen molar-refractivity contribution >= 4 is 50.2 Å². The molecular formula is C22H15I. The van der Waals surface area contributed by atoms with Gasteiger partial charge in [0.2, 0.25) is 0 Å². The van der Waals surface area contributed by atoms with Crippen LogP contribution in [0.2, 0.25) is 0 Å². The number of aryl methyl sites for hydroxylation is 1. The topological polar surface area (TPSA) is 0 Å². The lowest BCUT2D eigenvalue weighted by molar-refractivity contribution is 1.04. The lowest BCUT2D eigenvalue weighted by Crippen LogP contribution is -2.09. The van der Waals surface area contributed by atoms with Crippen molar-refractivity contribution in [2.45, 2.75) is 12.8 Å². The van der Waals surface area contributed by atoms with Crippen LogP contribution in [-0.4, -0.2) is 0 Å². The molecule has 1 aliphatic rings. The largest absolute Gasteiger partial charge is 0.0763 e.